The molecule has 2 rings (SSSR count). The number of halogens is 1. The third-order valence-corrected chi connectivity index (χ3v) is 5.49. The molecule has 4 nitrogen and oxygen atoms in total. The molecule has 21 heavy (non-hydrogen) atoms. The maximum Gasteiger partial charge on any atom is 0.191 e. The standard InChI is InChI=1S/C15H30N4S.HI/c1-3-16-15(18-11-14-7-5-9-20-14)17-10-13-6-4-8-19(2)12-13;/h13-14H,3-12H2,1-2H3,(H2,16,17,18);1H. The molecule has 2 saturated heterocycles. The van der Waals surface area contributed by atoms with Crippen molar-refractivity contribution in [3.63, 3.8) is 0 Å². The van der Waals surface area contributed by atoms with Crippen LogP contribution in [0.25, 0.3) is 0 Å². The molecular formula is C15H31IN4S. The molecule has 124 valence electrons. The van der Waals surface area contributed by atoms with Crippen LogP contribution in [0.3, 0.4) is 0 Å². The van der Waals surface area contributed by atoms with Crippen molar-refractivity contribution in [2.75, 3.05) is 45.5 Å². The van der Waals surface area contributed by atoms with Crippen LogP contribution in [-0.2, 0) is 0 Å². The second kappa shape index (κ2) is 10.9. The summed E-state index contributed by atoms with van der Waals surface area (Å²) in [5, 5.41) is 7.67. The first-order valence-electron chi connectivity index (χ1n) is 8.10. The number of rotatable bonds is 5. The van der Waals surface area contributed by atoms with Gasteiger partial charge in [0, 0.05) is 31.4 Å². The third kappa shape index (κ3) is 7.41. The molecule has 2 N–H and O–H groups in total. The molecule has 0 bridgehead atoms. The predicted molar refractivity (Wildman–Crippen MR) is 105 cm³/mol. The topological polar surface area (TPSA) is 39.7 Å². The lowest BCUT2D eigenvalue weighted by molar-refractivity contribution is 0.214. The van der Waals surface area contributed by atoms with Crippen LogP contribution < -0.4 is 10.6 Å². The van der Waals surface area contributed by atoms with E-state index in [1.54, 1.807) is 0 Å². The van der Waals surface area contributed by atoms with Gasteiger partial charge >= 0.3 is 0 Å². The highest BCUT2D eigenvalue weighted by molar-refractivity contribution is 14.0. The average Bonchev–Trinajstić information content (AvgIpc) is 2.95. The molecule has 2 heterocycles. The highest BCUT2D eigenvalue weighted by Gasteiger charge is 2.18. The van der Waals surface area contributed by atoms with Gasteiger partial charge in [-0.3, -0.25) is 4.99 Å². The van der Waals surface area contributed by atoms with Crippen LogP contribution in [0.5, 0.6) is 0 Å². The van der Waals surface area contributed by atoms with Gasteiger partial charge in [0.05, 0.1) is 0 Å². The van der Waals surface area contributed by atoms with Crippen LogP contribution in [-0.4, -0.2) is 61.6 Å². The van der Waals surface area contributed by atoms with Crippen molar-refractivity contribution in [1.29, 1.82) is 0 Å². The van der Waals surface area contributed by atoms with Crippen LogP contribution in [0.15, 0.2) is 4.99 Å². The van der Waals surface area contributed by atoms with Crippen molar-refractivity contribution >= 4 is 41.7 Å². The Morgan fingerprint density at radius 3 is 2.81 bits per heavy atom. The molecule has 0 saturated carbocycles. The molecule has 0 spiro atoms. The van der Waals surface area contributed by atoms with Gasteiger partial charge in [-0.1, -0.05) is 0 Å². The average molecular weight is 426 g/mol. The second-order valence-corrected chi connectivity index (χ2v) is 7.41. The van der Waals surface area contributed by atoms with Crippen LogP contribution in [0.4, 0.5) is 0 Å². The molecule has 0 aliphatic carbocycles. The fourth-order valence-corrected chi connectivity index (χ4v) is 4.20. The van der Waals surface area contributed by atoms with E-state index >= 15 is 0 Å². The van der Waals surface area contributed by atoms with Gasteiger partial charge in [0.25, 0.3) is 0 Å². The minimum Gasteiger partial charge on any atom is -0.357 e. The molecule has 0 amide bonds. The van der Waals surface area contributed by atoms with Crippen molar-refractivity contribution in [3.05, 3.63) is 0 Å². The first-order valence-corrected chi connectivity index (χ1v) is 9.15. The van der Waals surface area contributed by atoms with Gasteiger partial charge in [-0.05, 0) is 57.9 Å². The number of likely N-dealkylation sites (tertiary alicyclic amines) is 1. The molecule has 0 radical (unpaired) electrons. The van der Waals surface area contributed by atoms with Crippen molar-refractivity contribution < 1.29 is 0 Å². The Hall–Kier alpha value is 0.310. The zero-order valence-corrected chi connectivity index (χ0v) is 16.6. The van der Waals surface area contributed by atoms with Crippen molar-refractivity contribution in [3.8, 4) is 0 Å². The number of thioether (sulfide) groups is 1. The highest BCUT2D eigenvalue weighted by Crippen LogP contribution is 2.25. The van der Waals surface area contributed by atoms with Gasteiger partial charge in [-0.2, -0.15) is 11.8 Å². The fraction of sp³-hybridized carbons (Fsp3) is 0.933. The molecule has 2 atom stereocenters. The number of nitrogens with zero attached hydrogens (tertiary/aromatic N) is 2. The minimum absolute atomic E-state index is 0. The van der Waals surface area contributed by atoms with Crippen LogP contribution in [0.1, 0.15) is 32.6 Å². The molecule has 0 aromatic rings. The van der Waals surface area contributed by atoms with E-state index in [4.69, 9.17) is 4.99 Å². The van der Waals surface area contributed by atoms with E-state index in [2.05, 4.69) is 41.3 Å². The molecule has 0 aromatic carbocycles. The first kappa shape index (κ1) is 19.4. The maximum atomic E-state index is 4.79. The summed E-state index contributed by atoms with van der Waals surface area (Å²) in [7, 11) is 2.22. The molecule has 2 aliphatic heterocycles. The summed E-state index contributed by atoms with van der Waals surface area (Å²) in [6.45, 7) is 7.53. The van der Waals surface area contributed by atoms with E-state index < -0.39 is 0 Å². The Morgan fingerprint density at radius 1 is 1.29 bits per heavy atom. The zero-order chi connectivity index (χ0) is 14.2. The number of nitrogens with one attached hydrogen (secondary N) is 2. The van der Waals surface area contributed by atoms with Gasteiger partial charge in [0.2, 0.25) is 0 Å². The van der Waals surface area contributed by atoms with Gasteiger partial charge in [0.1, 0.15) is 0 Å². The largest absolute Gasteiger partial charge is 0.357 e. The van der Waals surface area contributed by atoms with E-state index in [-0.39, 0.29) is 24.0 Å². The number of hydrogen-bond acceptors (Lipinski definition) is 3. The van der Waals surface area contributed by atoms with Crippen LogP contribution in [0.2, 0.25) is 0 Å². The van der Waals surface area contributed by atoms with Gasteiger partial charge in [0.15, 0.2) is 5.96 Å². The number of aliphatic imine (C=N–C) groups is 1. The SMILES string of the molecule is CCNC(=NCC1CCCN(C)C1)NCC1CCCS1.I. The summed E-state index contributed by atoms with van der Waals surface area (Å²) in [4.78, 5) is 7.22. The Balaban J connectivity index is 0.00000220. The molecule has 2 unspecified atom stereocenters. The molecule has 2 fully saturated rings. The molecular weight excluding hydrogens is 395 g/mol. The van der Waals surface area contributed by atoms with Gasteiger partial charge < -0.3 is 15.5 Å². The quantitative estimate of drug-likeness (QED) is 0.403. The zero-order valence-electron chi connectivity index (χ0n) is 13.4. The second-order valence-electron chi connectivity index (χ2n) is 6.01. The lowest BCUT2D eigenvalue weighted by atomic mass is 9.99. The summed E-state index contributed by atoms with van der Waals surface area (Å²) in [5.74, 6) is 3.06. The van der Waals surface area contributed by atoms with Crippen LogP contribution in [0, 0.1) is 5.92 Å². The first-order chi connectivity index (χ1) is 9.78. The van der Waals surface area contributed by atoms with Crippen molar-refractivity contribution in [1.82, 2.24) is 15.5 Å². The molecule has 2 aliphatic rings. The summed E-state index contributed by atoms with van der Waals surface area (Å²) in [5.41, 5.74) is 0. The number of guanidine groups is 1. The lowest BCUT2D eigenvalue weighted by Crippen LogP contribution is -2.41. The van der Waals surface area contributed by atoms with Crippen molar-refractivity contribution in [2.24, 2.45) is 10.9 Å². The van der Waals surface area contributed by atoms with Crippen molar-refractivity contribution in [2.45, 2.75) is 37.9 Å². The smallest absolute Gasteiger partial charge is 0.191 e. The Kier molecular flexibility index (Phi) is 10.1. The normalized spacial score (nSPS) is 27.2. The van der Waals surface area contributed by atoms with Crippen LogP contribution >= 0.6 is 35.7 Å². The minimum atomic E-state index is 0. The Bertz CT molecular complexity index is 308. The summed E-state index contributed by atoms with van der Waals surface area (Å²) >= 11 is 2.10. The fourth-order valence-electron chi connectivity index (χ4n) is 3.00. The van der Waals surface area contributed by atoms with Gasteiger partial charge in [-0.15, -0.1) is 24.0 Å². The van der Waals surface area contributed by atoms with E-state index in [9.17, 15) is 0 Å². The number of hydrogen-bond donors (Lipinski definition) is 2. The van der Waals surface area contributed by atoms with E-state index in [0.29, 0.717) is 0 Å². The summed E-state index contributed by atoms with van der Waals surface area (Å²) < 4.78 is 0. The molecule has 6 heteroatoms. The van der Waals surface area contributed by atoms with E-state index in [1.165, 1.54) is 44.5 Å². The Labute approximate surface area is 151 Å². The summed E-state index contributed by atoms with van der Waals surface area (Å²) in [6.07, 6.45) is 5.37. The third-order valence-electron chi connectivity index (χ3n) is 4.10. The summed E-state index contributed by atoms with van der Waals surface area (Å²) in [6, 6.07) is 0. The maximum absolute atomic E-state index is 4.79. The lowest BCUT2D eigenvalue weighted by Gasteiger charge is -2.28. The van der Waals surface area contributed by atoms with E-state index in [0.717, 1.165) is 36.8 Å². The molecule has 0 aromatic heterocycles. The monoisotopic (exact) mass is 426 g/mol. The number of piperidine rings is 1. The van der Waals surface area contributed by atoms with Gasteiger partial charge in [-0.25, -0.2) is 0 Å². The predicted octanol–water partition coefficient (Wildman–Crippen LogP) is 2.40. The highest BCUT2D eigenvalue weighted by atomic mass is 127. The van der Waals surface area contributed by atoms with E-state index in [1.807, 2.05) is 0 Å². The Morgan fingerprint density at radius 2 is 2.14 bits per heavy atom.